The number of nitrogens with zero attached hydrogens (tertiary/aromatic N) is 3. The van der Waals surface area contributed by atoms with Gasteiger partial charge in [-0.3, -0.25) is 4.68 Å². The first-order valence-corrected chi connectivity index (χ1v) is 6.55. The second-order valence-electron chi connectivity index (χ2n) is 4.87. The Morgan fingerprint density at radius 1 is 1.58 bits per heavy atom. The van der Waals surface area contributed by atoms with Crippen molar-refractivity contribution in [1.82, 2.24) is 9.78 Å². The molecule has 1 atom stereocenters. The molecule has 1 rings (SSSR count). The lowest BCUT2D eigenvalue weighted by molar-refractivity contribution is -0.131. The fraction of sp³-hybridized carbons (Fsp3) is 0.571. The maximum absolute atomic E-state index is 10.7. The van der Waals surface area contributed by atoms with Gasteiger partial charge >= 0.3 is 5.97 Å². The minimum Gasteiger partial charge on any atom is -0.478 e. The molecule has 1 heterocycles. The van der Waals surface area contributed by atoms with Crippen molar-refractivity contribution in [2.45, 2.75) is 39.7 Å². The minimum absolute atomic E-state index is 0.386. The molecule has 5 nitrogen and oxygen atoms in total. The molecule has 1 aromatic heterocycles. The highest BCUT2D eigenvalue weighted by molar-refractivity contribution is 5.87. The van der Waals surface area contributed by atoms with E-state index >= 15 is 0 Å². The van der Waals surface area contributed by atoms with Crippen molar-refractivity contribution < 1.29 is 9.90 Å². The van der Waals surface area contributed by atoms with Gasteiger partial charge in [-0.15, -0.1) is 0 Å². The number of hydrogen-bond donors (Lipinski definition) is 1. The topological polar surface area (TPSA) is 58.4 Å². The number of hydrogen-bond acceptors (Lipinski definition) is 3. The second-order valence-corrected chi connectivity index (χ2v) is 4.87. The van der Waals surface area contributed by atoms with Crippen LogP contribution in [0, 0.1) is 6.92 Å². The third kappa shape index (κ3) is 3.59. The van der Waals surface area contributed by atoms with Crippen LogP contribution < -0.4 is 4.90 Å². The lowest BCUT2D eigenvalue weighted by Crippen LogP contribution is -2.30. The van der Waals surface area contributed by atoms with Gasteiger partial charge in [-0.1, -0.05) is 13.3 Å². The molecule has 0 saturated carbocycles. The van der Waals surface area contributed by atoms with Crippen LogP contribution in [-0.4, -0.2) is 33.9 Å². The number of carbonyl (C=O) groups is 1. The summed E-state index contributed by atoms with van der Waals surface area (Å²) in [7, 11) is 3.91. The van der Waals surface area contributed by atoms with Crippen molar-refractivity contribution in [2.75, 3.05) is 11.9 Å². The SMILES string of the molecule is CCCC(C)N(C)c1c(/C=C/C(=O)O)c(C)nn1C. The van der Waals surface area contributed by atoms with Gasteiger partial charge in [-0.25, -0.2) is 4.79 Å². The molecule has 0 bridgehead atoms. The van der Waals surface area contributed by atoms with E-state index in [4.69, 9.17) is 5.11 Å². The van der Waals surface area contributed by atoms with Crippen LogP contribution in [0.15, 0.2) is 6.08 Å². The van der Waals surface area contributed by atoms with Crippen LogP contribution in [0.3, 0.4) is 0 Å². The molecule has 5 heteroatoms. The summed E-state index contributed by atoms with van der Waals surface area (Å²) < 4.78 is 1.81. The Kier molecular flexibility index (Phi) is 5.15. The second kappa shape index (κ2) is 6.41. The number of carboxylic acid groups (broad SMARTS) is 1. The van der Waals surface area contributed by atoms with Crippen molar-refractivity contribution in [3.05, 3.63) is 17.3 Å². The highest BCUT2D eigenvalue weighted by Gasteiger charge is 2.18. The molecule has 0 aromatic carbocycles. The van der Waals surface area contributed by atoms with Gasteiger partial charge in [0, 0.05) is 31.8 Å². The van der Waals surface area contributed by atoms with E-state index in [1.54, 1.807) is 6.08 Å². The number of aryl methyl sites for hydroxylation is 2. The van der Waals surface area contributed by atoms with Crippen molar-refractivity contribution in [1.29, 1.82) is 0 Å². The van der Waals surface area contributed by atoms with Crippen LogP contribution in [0.25, 0.3) is 6.08 Å². The number of carboxylic acids is 1. The molecule has 0 amide bonds. The highest BCUT2D eigenvalue weighted by atomic mass is 16.4. The molecule has 19 heavy (non-hydrogen) atoms. The molecule has 1 N–H and O–H groups in total. The summed E-state index contributed by atoms with van der Waals surface area (Å²) in [5, 5.41) is 13.2. The first kappa shape index (κ1) is 15.3. The van der Waals surface area contributed by atoms with Gasteiger partial charge in [0.15, 0.2) is 0 Å². The molecule has 0 fully saturated rings. The third-order valence-corrected chi connectivity index (χ3v) is 3.33. The van der Waals surface area contributed by atoms with Crippen molar-refractivity contribution in [3.63, 3.8) is 0 Å². The summed E-state index contributed by atoms with van der Waals surface area (Å²) in [6, 6.07) is 0.386. The Balaban J connectivity index is 3.15. The molecule has 0 aliphatic carbocycles. The Hall–Kier alpha value is -1.78. The van der Waals surface area contributed by atoms with E-state index in [1.807, 2.05) is 25.7 Å². The van der Waals surface area contributed by atoms with Crippen LogP contribution in [0.5, 0.6) is 0 Å². The average molecular weight is 265 g/mol. The average Bonchev–Trinajstić information content (AvgIpc) is 2.60. The van der Waals surface area contributed by atoms with E-state index < -0.39 is 5.97 Å². The summed E-state index contributed by atoms with van der Waals surface area (Å²) in [5.41, 5.74) is 1.71. The number of aliphatic carboxylic acids is 1. The molecular weight excluding hydrogens is 242 g/mol. The number of rotatable bonds is 6. The number of aromatic nitrogens is 2. The van der Waals surface area contributed by atoms with E-state index in [-0.39, 0.29) is 0 Å². The van der Waals surface area contributed by atoms with Gasteiger partial charge in [0.25, 0.3) is 0 Å². The minimum atomic E-state index is -0.946. The fourth-order valence-corrected chi connectivity index (χ4v) is 2.25. The van der Waals surface area contributed by atoms with Gasteiger partial charge in [0.05, 0.1) is 5.69 Å². The molecule has 1 aromatic rings. The van der Waals surface area contributed by atoms with Gasteiger partial charge in [0.2, 0.25) is 0 Å². The fourth-order valence-electron chi connectivity index (χ4n) is 2.25. The van der Waals surface area contributed by atoms with Crippen molar-refractivity contribution >= 4 is 17.9 Å². The Morgan fingerprint density at radius 3 is 2.74 bits per heavy atom. The van der Waals surface area contributed by atoms with E-state index in [9.17, 15) is 4.79 Å². The zero-order chi connectivity index (χ0) is 14.6. The smallest absolute Gasteiger partial charge is 0.328 e. The van der Waals surface area contributed by atoms with Gasteiger partial charge in [0.1, 0.15) is 5.82 Å². The monoisotopic (exact) mass is 265 g/mol. The Labute approximate surface area is 114 Å². The zero-order valence-corrected chi connectivity index (χ0v) is 12.3. The van der Waals surface area contributed by atoms with Crippen LogP contribution >= 0.6 is 0 Å². The van der Waals surface area contributed by atoms with Crippen LogP contribution in [0.2, 0.25) is 0 Å². The highest BCUT2D eigenvalue weighted by Crippen LogP contribution is 2.26. The molecular formula is C14H23N3O2. The van der Waals surface area contributed by atoms with E-state index in [2.05, 4.69) is 23.8 Å². The summed E-state index contributed by atoms with van der Waals surface area (Å²) in [6.07, 6.45) is 4.98. The van der Waals surface area contributed by atoms with Crippen LogP contribution in [0.1, 0.15) is 37.9 Å². The quantitative estimate of drug-likeness (QED) is 0.803. The molecule has 0 aliphatic heterocycles. The van der Waals surface area contributed by atoms with Gasteiger partial charge in [-0.2, -0.15) is 5.10 Å². The standard InChI is InChI=1S/C14H23N3O2/c1-6-7-10(2)16(4)14-12(8-9-13(18)19)11(3)15-17(14)5/h8-10H,6-7H2,1-5H3,(H,18,19)/b9-8+. The summed E-state index contributed by atoms with van der Waals surface area (Å²) in [4.78, 5) is 12.8. The zero-order valence-electron chi connectivity index (χ0n) is 12.3. The van der Waals surface area contributed by atoms with E-state index in [0.717, 1.165) is 36.0 Å². The Morgan fingerprint density at radius 2 is 2.21 bits per heavy atom. The molecule has 0 saturated heterocycles. The molecule has 106 valence electrons. The summed E-state index contributed by atoms with van der Waals surface area (Å²) in [6.45, 7) is 6.21. The lowest BCUT2D eigenvalue weighted by Gasteiger charge is -2.27. The first-order valence-electron chi connectivity index (χ1n) is 6.55. The first-order chi connectivity index (χ1) is 8.88. The maximum Gasteiger partial charge on any atom is 0.328 e. The molecule has 1 unspecified atom stereocenters. The normalized spacial score (nSPS) is 12.9. The summed E-state index contributed by atoms with van der Waals surface area (Å²) >= 11 is 0. The van der Waals surface area contributed by atoms with Crippen LogP contribution in [0.4, 0.5) is 5.82 Å². The Bertz CT molecular complexity index is 477. The van der Waals surface area contributed by atoms with E-state index in [1.165, 1.54) is 0 Å². The van der Waals surface area contributed by atoms with Gasteiger partial charge < -0.3 is 10.0 Å². The molecule has 0 aliphatic rings. The van der Waals surface area contributed by atoms with E-state index in [0.29, 0.717) is 6.04 Å². The van der Waals surface area contributed by atoms with Crippen LogP contribution in [-0.2, 0) is 11.8 Å². The number of anilines is 1. The predicted octanol–water partition coefficient (Wildman–Crippen LogP) is 2.45. The van der Waals surface area contributed by atoms with Crippen molar-refractivity contribution in [2.24, 2.45) is 7.05 Å². The van der Waals surface area contributed by atoms with Gasteiger partial charge in [-0.05, 0) is 26.3 Å². The van der Waals surface area contributed by atoms with Crippen molar-refractivity contribution in [3.8, 4) is 0 Å². The molecule has 0 radical (unpaired) electrons. The summed E-state index contributed by atoms with van der Waals surface area (Å²) in [5.74, 6) is 0.00872. The lowest BCUT2D eigenvalue weighted by atomic mass is 10.1. The third-order valence-electron chi connectivity index (χ3n) is 3.33. The predicted molar refractivity (Wildman–Crippen MR) is 77.4 cm³/mol. The maximum atomic E-state index is 10.7. The largest absolute Gasteiger partial charge is 0.478 e. The molecule has 0 spiro atoms.